The highest BCUT2D eigenvalue weighted by atomic mass is 35.5. The summed E-state index contributed by atoms with van der Waals surface area (Å²) in [5, 5.41) is 8.48. The standard InChI is InChI=1S/C22H24ClN3O4S/c1-13-5-7-19(14(2)11-13)29-9-10-30-20-8-6-17(12-18(20)23)21-26(16(4)28)25-22(31-21)24-15(3)27/h5-8,11-12,21H,9-10H2,1-4H3,(H,24,25,27). The first-order chi connectivity index (χ1) is 14.7. The summed E-state index contributed by atoms with van der Waals surface area (Å²) in [5.74, 6) is 0.862. The van der Waals surface area contributed by atoms with Crippen LogP contribution in [-0.4, -0.2) is 35.2 Å². The molecule has 0 bridgehead atoms. The highest BCUT2D eigenvalue weighted by Gasteiger charge is 2.32. The Kier molecular flexibility index (Phi) is 7.46. The Hall–Kier alpha value is -2.71. The Bertz CT molecular complexity index is 1030. The number of amides is 2. The van der Waals surface area contributed by atoms with E-state index in [1.165, 1.54) is 36.2 Å². The third-order valence-electron chi connectivity index (χ3n) is 4.42. The largest absolute Gasteiger partial charge is 0.490 e. The molecular weight excluding hydrogens is 438 g/mol. The van der Waals surface area contributed by atoms with E-state index < -0.39 is 5.37 Å². The minimum atomic E-state index is -0.418. The van der Waals surface area contributed by atoms with Crippen molar-refractivity contribution in [2.75, 3.05) is 13.2 Å². The predicted molar refractivity (Wildman–Crippen MR) is 122 cm³/mol. The van der Waals surface area contributed by atoms with Gasteiger partial charge >= 0.3 is 0 Å². The van der Waals surface area contributed by atoms with Crippen molar-refractivity contribution in [2.45, 2.75) is 33.1 Å². The zero-order chi connectivity index (χ0) is 22.5. The molecule has 2 aromatic rings. The van der Waals surface area contributed by atoms with Crippen molar-refractivity contribution in [2.24, 2.45) is 5.10 Å². The molecule has 0 aromatic heterocycles. The van der Waals surface area contributed by atoms with Crippen LogP contribution in [0.3, 0.4) is 0 Å². The van der Waals surface area contributed by atoms with Gasteiger partial charge in [-0.3, -0.25) is 9.59 Å². The summed E-state index contributed by atoms with van der Waals surface area (Å²) in [6, 6.07) is 11.3. The molecule has 2 amide bonds. The Balaban J connectivity index is 1.60. The molecule has 3 rings (SSSR count). The summed E-state index contributed by atoms with van der Waals surface area (Å²) in [6.45, 7) is 7.57. The lowest BCUT2D eigenvalue weighted by atomic mass is 10.1. The zero-order valence-corrected chi connectivity index (χ0v) is 19.3. The third-order valence-corrected chi connectivity index (χ3v) is 5.82. The van der Waals surface area contributed by atoms with Gasteiger partial charge in [-0.15, -0.1) is 5.10 Å². The number of amidine groups is 1. The number of benzene rings is 2. The molecule has 0 saturated heterocycles. The maximum atomic E-state index is 12.0. The van der Waals surface area contributed by atoms with Gasteiger partial charge in [0, 0.05) is 13.8 Å². The number of carbonyl (C=O) groups excluding carboxylic acids is 2. The predicted octanol–water partition coefficient (Wildman–Crippen LogP) is 4.42. The van der Waals surface area contributed by atoms with Crippen LogP contribution in [0, 0.1) is 13.8 Å². The number of halogens is 1. The van der Waals surface area contributed by atoms with Crippen LogP contribution >= 0.6 is 23.4 Å². The van der Waals surface area contributed by atoms with Crippen molar-refractivity contribution in [3.63, 3.8) is 0 Å². The first-order valence-electron chi connectivity index (χ1n) is 9.69. The van der Waals surface area contributed by atoms with Crippen LogP contribution in [0.1, 0.15) is 35.9 Å². The number of thioether (sulfide) groups is 1. The minimum absolute atomic E-state index is 0.238. The van der Waals surface area contributed by atoms with E-state index in [0.717, 1.165) is 16.9 Å². The minimum Gasteiger partial charge on any atom is -0.490 e. The van der Waals surface area contributed by atoms with Crippen molar-refractivity contribution in [1.82, 2.24) is 10.3 Å². The monoisotopic (exact) mass is 461 g/mol. The number of aryl methyl sites for hydroxylation is 2. The molecule has 0 spiro atoms. The maximum Gasteiger partial charge on any atom is 0.241 e. The van der Waals surface area contributed by atoms with Crippen LogP contribution in [0.25, 0.3) is 0 Å². The van der Waals surface area contributed by atoms with E-state index in [0.29, 0.717) is 29.2 Å². The SMILES string of the molecule is CC(=O)NC1=NN(C(C)=O)C(c2ccc(OCCOc3ccc(C)cc3C)c(Cl)c2)S1. The second-order valence-corrected chi connectivity index (χ2v) is 8.55. The van der Waals surface area contributed by atoms with E-state index in [1.807, 2.05) is 32.0 Å². The van der Waals surface area contributed by atoms with Gasteiger partial charge in [-0.2, -0.15) is 0 Å². The molecule has 0 aliphatic carbocycles. The lowest BCUT2D eigenvalue weighted by molar-refractivity contribution is -0.129. The number of hydrogen-bond acceptors (Lipinski definition) is 6. The van der Waals surface area contributed by atoms with Gasteiger partial charge in [0.05, 0.1) is 5.02 Å². The second-order valence-electron chi connectivity index (χ2n) is 7.08. The van der Waals surface area contributed by atoms with Crippen LogP contribution in [0.4, 0.5) is 0 Å². The molecule has 9 heteroatoms. The number of hydrazone groups is 1. The van der Waals surface area contributed by atoms with E-state index in [4.69, 9.17) is 21.1 Å². The fraction of sp³-hybridized carbons (Fsp3) is 0.318. The molecule has 1 aliphatic rings. The van der Waals surface area contributed by atoms with Crippen LogP contribution in [0.15, 0.2) is 41.5 Å². The van der Waals surface area contributed by atoms with Crippen LogP contribution in [-0.2, 0) is 9.59 Å². The molecule has 164 valence electrons. The molecule has 1 unspecified atom stereocenters. The Labute approximate surface area is 190 Å². The Morgan fingerprint density at radius 2 is 1.77 bits per heavy atom. The zero-order valence-electron chi connectivity index (χ0n) is 17.8. The molecule has 2 aromatic carbocycles. The number of carbonyl (C=O) groups is 2. The van der Waals surface area contributed by atoms with Gasteiger partial charge in [0.25, 0.3) is 0 Å². The summed E-state index contributed by atoms with van der Waals surface area (Å²) in [6.07, 6.45) is 0. The first kappa shape index (κ1) is 23.0. The fourth-order valence-corrected chi connectivity index (χ4v) is 4.40. The summed E-state index contributed by atoms with van der Waals surface area (Å²) < 4.78 is 11.5. The number of ether oxygens (including phenoxy) is 2. The van der Waals surface area contributed by atoms with Crippen LogP contribution < -0.4 is 14.8 Å². The third kappa shape index (κ3) is 5.92. The van der Waals surface area contributed by atoms with E-state index in [1.54, 1.807) is 12.1 Å². The van der Waals surface area contributed by atoms with E-state index in [9.17, 15) is 9.59 Å². The average Bonchev–Trinajstić information content (AvgIpc) is 3.11. The van der Waals surface area contributed by atoms with E-state index >= 15 is 0 Å². The number of rotatable bonds is 6. The summed E-state index contributed by atoms with van der Waals surface area (Å²) >= 11 is 7.68. The number of nitrogens with zero attached hydrogens (tertiary/aromatic N) is 2. The summed E-state index contributed by atoms with van der Waals surface area (Å²) in [7, 11) is 0. The molecule has 1 heterocycles. The smallest absolute Gasteiger partial charge is 0.241 e. The topological polar surface area (TPSA) is 80.2 Å². The van der Waals surface area contributed by atoms with Crippen molar-refractivity contribution in [3.05, 3.63) is 58.1 Å². The van der Waals surface area contributed by atoms with Gasteiger partial charge in [-0.05, 0) is 43.2 Å². The summed E-state index contributed by atoms with van der Waals surface area (Å²) in [5.41, 5.74) is 3.03. The van der Waals surface area contributed by atoms with Crippen LogP contribution in [0.5, 0.6) is 11.5 Å². The molecule has 7 nitrogen and oxygen atoms in total. The van der Waals surface area contributed by atoms with Crippen molar-refractivity contribution < 1.29 is 19.1 Å². The van der Waals surface area contributed by atoms with E-state index in [-0.39, 0.29) is 11.8 Å². The summed E-state index contributed by atoms with van der Waals surface area (Å²) in [4.78, 5) is 23.3. The highest BCUT2D eigenvalue weighted by molar-refractivity contribution is 8.14. The Morgan fingerprint density at radius 1 is 1.10 bits per heavy atom. The lowest BCUT2D eigenvalue weighted by Gasteiger charge is -2.20. The van der Waals surface area contributed by atoms with Crippen LogP contribution in [0.2, 0.25) is 5.02 Å². The van der Waals surface area contributed by atoms with Gasteiger partial charge in [-0.1, -0.05) is 47.1 Å². The second kappa shape index (κ2) is 10.1. The van der Waals surface area contributed by atoms with Gasteiger partial charge in [0.1, 0.15) is 30.1 Å². The lowest BCUT2D eigenvalue weighted by Crippen LogP contribution is -2.25. The van der Waals surface area contributed by atoms with Gasteiger partial charge in [0.2, 0.25) is 11.8 Å². The maximum absolute atomic E-state index is 12.0. The van der Waals surface area contributed by atoms with Gasteiger partial charge < -0.3 is 14.8 Å². The molecule has 0 fully saturated rings. The quantitative estimate of drug-likeness (QED) is 0.644. The highest BCUT2D eigenvalue weighted by Crippen LogP contribution is 2.40. The van der Waals surface area contributed by atoms with Gasteiger partial charge in [-0.25, -0.2) is 5.01 Å². The van der Waals surface area contributed by atoms with Crippen molar-refractivity contribution in [1.29, 1.82) is 0 Å². The molecular formula is C22H24ClN3O4S. The normalized spacial score (nSPS) is 15.5. The molecule has 1 aliphatic heterocycles. The number of nitrogens with one attached hydrogen (secondary N) is 1. The molecule has 1 atom stereocenters. The Morgan fingerprint density at radius 3 is 2.39 bits per heavy atom. The first-order valence-corrected chi connectivity index (χ1v) is 11.0. The molecule has 1 N–H and O–H groups in total. The van der Waals surface area contributed by atoms with Gasteiger partial charge in [0.15, 0.2) is 5.17 Å². The number of hydrogen-bond donors (Lipinski definition) is 1. The molecule has 31 heavy (non-hydrogen) atoms. The van der Waals surface area contributed by atoms with Crippen molar-refractivity contribution in [3.8, 4) is 11.5 Å². The van der Waals surface area contributed by atoms with Crippen molar-refractivity contribution >= 4 is 40.3 Å². The molecule has 0 radical (unpaired) electrons. The molecule has 0 saturated carbocycles. The fourth-order valence-electron chi connectivity index (χ4n) is 3.03. The average molecular weight is 462 g/mol. The van der Waals surface area contributed by atoms with E-state index in [2.05, 4.69) is 16.5 Å².